The minimum absolute atomic E-state index is 0.255. The van der Waals surface area contributed by atoms with Gasteiger partial charge in [0.05, 0.1) is 17.9 Å². The van der Waals surface area contributed by atoms with E-state index < -0.39 is 17.6 Å². The number of carbonyl (C=O) groups is 1. The molecule has 2 rings (SSSR count). The molecule has 122 valence electrons. The minimum Gasteiger partial charge on any atom is -0.494 e. The van der Waals surface area contributed by atoms with Gasteiger partial charge in [0.1, 0.15) is 5.75 Å². The van der Waals surface area contributed by atoms with E-state index in [0.29, 0.717) is 12.4 Å². The lowest BCUT2D eigenvalue weighted by molar-refractivity contribution is -0.136. The van der Waals surface area contributed by atoms with E-state index in [-0.39, 0.29) is 11.3 Å². The number of carbonyl (C=O) groups excluding carboxylic acids is 1. The normalized spacial score (nSPS) is 11.1. The third-order valence-electron chi connectivity index (χ3n) is 3.07. The van der Waals surface area contributed by atoms with Gasteiger partial charge in [-0.15, -0.1) is 0 Å². The lowest BCUT2D eigenvalue weighted by atomic mass is 10.1. The first-order valence-electron chi connectivity index (χ1n) is 7.12. The number of hydrogen-bond donors (Lipinski definition) is 1. The molecule has 6 heteroatoms. The van der Waals surface area contributed by atoms with Crippen molar-refractivity contribution < 1.29 is 22.7 Å². The van der Waals surface area contributed by atoms with Crippen molar-refractivity contribution in [2.45, 2.75) is 19.5 Å². The molecule has 0 radical (unpaired) electrons. The first-order valence-corrected chi connectivity index (χ1v) is 7.12. The van der Waals surface area contributed by atoms with E-state index in [1.165, 1.54) is 30.3 Å². The largest absolute Gasteiger partial charge is 0.494 e. The maximum absolute atomic E-state index is 12.9. The zero-order valence-electron chi connectivity index (χ0n) is 12.5. The van der Waals surface area contributed by atoms with Crippen LogP contribution in [-0.2, 0) is 6.18 Å². The average molecular weight is 323 g/mol. The van der Waals surface area contributed by atoms with Gasteiger partial charge in [0.15, 0.2) is 0 Å². The smallest absolute Gasteiger partial charge is 0.418 e. The van der Waals surface area contributed by atoms with E-state index in [1.807, 2.05) is 6.92 Å². The highest BCUT2D eigenvalue weighted by Crippen LogP contribution is 2.34. The van der Waals surface area contributed by atoms with Gasteiger partial charge in [-0.2, -0.15) is 13.2 Å². The van der Waals surface area contributed by atoms with E-state index in [1.54, 1.807) is 12.1 Å². The SMILES string of the molecule is CCCOc1ccc(C(=O)Nc2ccccc2C(F)(F)F)cc1. The number of rotatable bonds is 5. The Kier molecular flexibility index (Phi) is 5.26. The topological polar surface area (TPSA) is 38.3 Å². The molecule has 0 saturated heterocycles. The van der Waals surface area contributed by atoms with Gasteiger partial charge < -0.3 is 10.1 Å². The molecule has 0 heterocycles. The molecular formula is C17H16F3NO2. The maximum atomic E-state index is 12.9. The lowest BCUT2D eigenvalue weighted by Crippen LogP contribution is -2.16. The molecule has 3 nitrogen and oxygen atoms in total. The average Bonchev–Trinajstić information content (AvgIpc) is 2.53. The van der Waals surface area contributed by atoms with E-state index >= 15 is 0 Å². The van der Waals surface area contributed by atoms with Crippen molar-refractivity contribution in [3.63, 3.8) is 0 Å². The summed E-state index contributed by atoms with van der Waals surface area (Å²) in [6.07, 6.45) is -3.67. The van der Waals surface area contributed by atoms with Crippen LogP contribution in [0.25, 0.3) is 0 Å². The van der Waals surface area contributed by atoms with Gasteiger partial charge >= 0.3 is 6.18 Å². The molecule has 0 unspecified atom stereocenters. The zero-order chi connectivity index (χ0) is 16.9. The van der Waals surface area contributed by atoms with Crippen LogP contribution in [0.5, 0.6) is 5.75 Å². The van der Waals surface area contributed by atoms with E-state index in [2.05, 4.69) is 5.32 Å². The van der Waals surface area contributed by atoms with Crippen molar-refractivity contribution in [2.75, 3.05) is 11.9 Å². The van der Waals surface area contributed by atoms with Crippen molar-refractivity contribution in [1.82, 2.24) is 0 Å². The third-order valence-corrected chi connectivity index (χ3v) is 3.07. The Hall–Kier alpha value is -2.50. The lowest BCUT2D eigenvalue weighted by Gasteiger charge is -2.13. The fourth-order valence-corrected chi connectivity index (χ4v) is 1.96. The summed E-state index contributed by atoms with van der Waals surface area (Å²) in [6, 6.07) is 11.1. The van der Waals surface area contributed by atoms with Crippen LogP contribution in [0, 0.1) is 0 Å². The summed E-state index contributed by atoms with van der Waals surface area (Å²) in [5.41, 5.74) is -0.890. The van der Waals surface area contributed by atoms with Crippen molar-refractivity contribution >= 4 is 11.6 Å². The molecule has 0 spiro atoms. The third kappa shape index (κ3) is 4.48. The maximum Gasteiger partial charge on any atom is 0.418 e. The molecule has 0 atom stereocenters. The second kappa shape index (κ2) is 7.17. The fraction of sp³-hybridized carbons (Fsp3) is 0.235. The standard InChI is InChI=1S/C17H16F3NO2/c1-2-11-23-13-9-7-12(8-10-13)16(22)21-15-6-4-3-5-14(15)17(18,19)20/h3-10H,2,11H2,1H3,(H,21,22). The van der Waals surface area contributed by atoms with Gasteiger partial charge in [-0.1, -0.05) is 19.1 Å². The summed E-state index contributed by atoms with van der Waals surface area (Å²) < 4.78 is 44.1. The van der Waals surface area contributed by atoms with Crippen molar-refractivity contribution in [1.29, 1.82) is 0 Å². The monoisotopic (exact) mass is 323 g/mol. The molecule has 0 aliphatic rings. The van der Waals surface area contributed by atoms with Crippen LogP contribution in [0.4, 0.5) is 18.9 Å². The van der Waals surface area contributed by atoms with Gasteiger partial charge in [0.2, 0.25) is 0 Å². The summed E-state index contributed by atoms with van der Waals surface area (Å²) >= 11 is 0. The van der Waals surface area contributed by atoms with Crippen LogP contribution in [0.1, 0.15) is 29.3 Å². The Balaban J connectivity index is 2.14. The zero-order valence-corrected chi connectivity index (χ0v) is 12.5. The number of amides is 1. The number of benzene rings is 2. The molecule has 0 fully saturated rings. The Labute approximate surface area is 132 Å². The number of para-hydroxylation sites is 1. The Morgan fingerprint density at radius 1 is 1.09 bits per heavy atom. The van der Waals surface area contributed by atoms with Crippen LogP contribution >= 0.6 is 0 Å². The van der Waals surface area contributed by atoms with Crippen LogP contribution in [0.15, 0.2) is 48.5 Å². The molecule has 23 heavy (non-hydrogen) atoms. The Morgan fingerprint density at radius 3 is 2.35 bits per heavy atom. The van der Waals surface area contributed by atoms with Crippen LogP contribution in [0.2, 0.25) is 0 Å². The van der Waals surface area contributed by atoms with Crippen LogP contribution < -0.4 is 10.1 Å². The second-order valence-corrected chi connectivity index (χ2v) is 4.87. The van der Waals surface area contributed by atoms with Gasteiger partial charge in [0, 0.05) is 5.56 Å². The number of ether oxygens (including phenoxy) is 1. The van der Waals surface area contributed by atoms with Crippen molar-refractivity contribution in [3.8, 4) is 5.75 Å². The summed E-state index contributed by atoms with van der Waals surface area (Å²) in [4.78, 5) is 12.1. The highest BCUT2D eigenvalue weighted by atomic mass is 19.4. The molecule has 2 aromatic carbocycles. The van der Waals surface area contributed by atoms with E-state index in [0.717, 1.165) is 12.5 Å². The van der Waals surface area contributed by atoms with Gasteiger partial charge in [-0.25, -0.2) is 0 Å². The summed E-state index contributed by atoms with van der Waals surface area (Å²) in [5, 5.41) is 2.30. The molecule has 0 bridgehead atoms. The number of anilines is 1. The van der Waals surface area contributed by atoms with Crippen LogP contribution in [-0.4, -0.2) is 12.5 Å². The minimum atomic E-state index is -4.53. The molecule has 1 amide bonds. The van der Waals surface area contributed by atoms with E-state index in [9.17, 15) is 18.0 Å². The highest BCUT2D eigenvalue weighted by molar-refractivity contribution is 6.04. The molecular weight excluding hydrogens is 307 g/mol. The van der Waals surface area contributed by atoms with Crippen molar-refractivity contribution in [2.24, 2.45) is 0 Å². The van der Waals surface area contributed by atoms with Gasteiger partial charge in [0.25, 0.3) is 5.91 Å². The predicted molar refractivity (Wildman–Crippen MR) is 81.6 cm³/mol. The first-order chi connectivity index (χ1) is 10.9. The predicted octanol–water partition coefficient (Wildman–Crippen LogP) is 4.75. The molecule has 0 saturated carbocycles. The number of alkyl halides is 3. The number of halogens is 3. The molecule has 2 aromatic rings. The van der Waals surface area contributed by atoms with Crippen molar-refractivity contribution in [3.05, 3.63) is 59.7 Å². The Morgan fingerprint density at radius 2 is 1.74 bits per heavy atom. The van der Waals surface area contributed by atoms with E-state index in [4.69, 9.17) is 4.74 Å². The molecule has 1 N–H and O–H groups in total. The fourth-order valence-electron chi connectivity index (χ4n) is 1.96. The molecule has 0 aliphatic heterocycles. The van der Waals surface area contributed by atoms with Crippen LogP contribution in [0.3, 0.4) is 0 Å². The quantitative estimate of drug-likeness (QED) is 0.862. The molecule has 0 aromatic heterocycles. The number of hydrogen-bond acceptors (Lipinski definition) is 2. The first kappa shape index (κ1) is 16.9. The second-order valence-electron chi connectivity index (χ2n) is 4.87. The van der Waals surface area contributed by atoms with Gasteiger partial charge in [-0.05, 0) is 42.8 Å². The Bertz CT molecular complexity index is 666. The summed E-state index contributed by atoms with van der Waals surface area (Å²) in [5.74, 6) is 0.00262. The van der Waals surface area contributed by atoms with Gasteiger partial charge in [-0.3, -0.25) is 4.79 Å². The molecule has 0 aliphatic carbocycles. The number of nitrogens with one attached hydrogen (secondary N) is 1. The summed E-state index contributed by atoms with van der Waals surface area (Å²) in [7, 11) is 0. The summed E-state index contributed by atoms with van der Waals surface area (Å²) in [6.45, 7) is 2.53. The highest BCUT2D eigenvalue weighted by Gasteiger charge is 2.33.